The summed E-state index contributed by atoms with van der Waals surface area (Å²) in [5.74, 6) is -0.321. The van der Waals surface area contributed by atoms with Gasteiger partial charge in [0.05, 0.1) is 5.71 Å². The predicted molar refractivity (Wildman–Crippen MR) is 83.6 cm³/mol. The van der Waals surface area contributed by atoms with Crippen LogP contribution < -0.4 is 11.2 Å². The van der Waals surface area contributed by atoms with E-state index in [0.29, 0.717) is 27.5 Å². The summed E-state index contributed by atoms with van der Waals surface area (Å²) < 4.78 is 0. The number of hydrazone groups is 1. The van der Waals surface area contributed by atoms with Crippen molar-refractivity contribution in [1.82, 2.24) is 5.43 Å². The first-order chi connectivity index (χ1) is 9.97. The first-order valence-corrected chi connectivity index (χ1v) is 6.54. The quantitative estimate of drug-likeness (QED) is 0.463. The van der Waals surface area contributed by atoms with Crippen LogP contribution in [0.2, 0.25) is 5.02 Å². The van der Waals surface area contributed by atoms with Crippen LogP contribution in [-0.4, -0.2) is 16.7 Å². The van der Waals surface area contributed by atoms with Gasteiger partial charge in [-0.2, -0.15) is 5.10 Å². The number of aromatic hydroxyl groups is 1. The molecule has 0 fully saturated rings. The lowest BCUT2D eigenvalue weighted by Crippen LogP contribution is -2.19. The van der Waals surface area contributed by atoms with Gasteiger partial charge in [-0.25, -0.2) is 5.43 Å². The molecule has 0 heterocycles. The van der Waals surface area contributed by atoms with Crippen LogP contribution in [-0.2, 0) is 0 Å². The van der Waals surface area contributed by atoms with E-state index < -0.39 is 0 Å². The van der Waals surface area contributed by atoms with Gasteiger partial charge in [0.15, 0.2) is 0 Å². The van der Waals surface area contributed by atoms with E-state index in [1.54, 1.807) is 43.3 Å². The Balaban J connectivity index is 2.14. The lowest BCUT2D eigenvalue weighted by atomic mass is 10.1. The highest BCUT2D eigenvalue weighted by molar-refractivity contribution is 6.31. The minimum Gasteiger partial charge on any atom is -0.507 e. The molecule has 0 aliphatic carbocycles. The fraction of sp³-hybridized carbons (Fsp3) is 0.0667. The Bertz CT molecular complexity index is 697. The molecule has 108 valence electrons. The van der Waals surface area contributed by atoms with E-state index in [-0.39, 0.29) is 11.7 Å². The van der Waals surface area contributed by atoms with E-state index in [2.05, 4.69) is 10.5 Å². The van der Waals surface area contributed by atoms with Gasteiger partial charge < -0.3 is 10.8 Å². The zero-order valence-electron chi connectivity index (χ0n) is 11.3. The van der Waals surface area contributed by atoms with Crippen LogP contribution in [0.5, 0.6) is 5.75 Å². The molecule has 2 rings (SSSR count). The standard InChI is InChI=1S/C15H14ClN3O2/c1-9(13-8-11(16)4-7-14(13)20)18-19-15(21)10-2-5-12(17)6-3-10/h2-8,20H,17H2,1H3,(H,19,21)/b18-9+. The largest absolute Gasteiger partial charge is 0.507 e. The van der Waals surface area contributed by atoms with Crippen LogP contribution >= 0.6 is 11.6 Å². The van der Waals surface area contributed by atoms with Crippen molar-refractivity contribution in [2.75, 3.05) is 5.73 Å². The molecule has 5 nitrogen and oxygen atoms in total. The number of benzene rings is 2. The molecule has 0 aliphatic heterocycles. The molecule has 0 spiro atoms. The number of anilines is 1. The number of rotatable bonds is 3. The number of nitrogens with one attached hydrogen (secondary N) is 1. The molecule has 0 radical (unpaired) electrons. The van der Waals surface area contributed by atoms with Crippen molar-refractivity contribution in [2.45, 2.75) is 6.92 Å². The molecule has 2 aromatic carbocycles. The topological polar surface area (TPSA) is 87.7 Å². The third-order valence-corrected chi connectivity index (χ3v) is 3.08. The molecule has 4 N–H and O–H groups in total. The van der Waals surface area contributed by atoms with E-state index in [4.69, 9.17) is 17.3 Å². The van der Waals surface area contributed by atoms with Crippen molar-refractivity contribution in [1.29, 1.82) is 0 Å². The van der Waals surface area contributed by atoms with Crippen LogP contribution in [0.15, 0.2) is 47.6 Å². The number of amides is 1. The maximum Gasteiger partial charge on any atom is 0.271 e. The Morgan fingerprint density at radius 3 is 2.57 bits per heavy atom. The Labute approximate surface area is 127 Å². The first-order valence-electron chi connectivity index (χ1n) is 6.16. The van der Waals surface area contributed by atoms with Gasteiger partial charge in [-0.3, -0.25) is 4.79 Å². The lowest BCUT2D eigenvalue weighted by molar-refractivity contribution is 0.0955. The third kappa shape index (κ3) is 3.73. The van der Waals surface area contributed by atoms with E-state index in [0.717, 1.165) is 0 Å². The van der Waals surface area contributed by atoms with Gasteiger partial charge in [0, 0.05) is 21.8 Å². The van der Waals surface area contributed by atoms with Gasteiger partial charge in [0.2, 0.25) is 0 Å². The van der Waals surface area contributed by atoms with Gasteiger partial charge in [-0.1, -0.05) is 11.6 Å². The minimum absolute atomic E-state index is 0.0439. The second kappa shape index (κ2) is 6.28. The monoisotopic (exact) mass is 303 g/mol. The van der Waals surface area contributed by atoms with E-state index in [1.807, 2.05) is 0 Å². The number of hydrogen-bond acceptors (Lipinski definition) is 4. The first kappa shape index (κ1) is 14.9. The van der Waals surface area contributed by atoms with E-state index >= 15 is 0 Å². The zero-order valence-corrected chi connectivity index (χ0v) is 12.1. The van der Waals surface area contributed by atoms with Crippen LogP contribution in [0.3, 0.4) is 0 Å². The Kier molecular flexibility index (Phi) is 4.45. The van der Waals surface area contributed by atoms with Gasteiger partial charge >= 0.3 is 0 Å². The number of nitrogens with two attached hydrogens (primary N) is 1. The number of phenolic OH excluding ortho intramolecular Hbond substituents is 1. The highest BCUT2D eigenvalue weighted by Crippen LogP contribution is 2.22. The Morgan fingerprint density at radius 2 is 1.90 bits per heavy atom. The summed E-state index contributed by atoms with van der Waals surface area (Å²) in [6, 6.07) is 11.1. The SMILES string of the molecule is C/C(=N\NC(=O)c1ccc(N)cc1)c1cc(Cl)ccc1O. The number of carbonyl (C=O) groups excluding carboxylic acids is 1. The molecule has 0 saturated carbocycles. The average molecular weight is 304 g/mol. The van der Waals surface area contributed by atoms with Gasteiger partial charge in [0.25, 0.3) is 5.91 Å². The number of hydrogen-bond donors (Lipinski definition) is 3. The Morgan fingerprint density at radius 1 is 1.24 bits per heavy atom. The van der Waals surface area contributed by atoms with Crippen LogP contribution in [0, 0.1) is 0 Å². The summed E-state index contributed by atoms with van der Waals surface area (Å²) >= 11 is 5.87. The van der Waals surface area contributed by atoms with Crippen molar-refractivity contribution >= 4 is 28.9 Å². The van der Waals surface area contributed by atoms with Crippen molar-refractivity contribution in [3.05, 3.63) is 58.6 Å². The number of halogens is 1. The minimum atomic E-state index is -0.365. The molecule has 21 heavy (non-hydrogen) atoms. The summed E-state index contributed by atoms with van der Waals surface area (Å²) in [4.78, 5) is 11.9. The van der Waals surface area contributed by atoms with E-state index in [1.165, 1.54) is 6.07 Å². The second-order valence-electron chi connectivity index (χ2n) is 4.42. The second-order valence-corrected chi connectivity index (χ2v) is 4.86. The van der Waals surface area contributed by atoms with Crippen molar-refractivity contribution < 1.29 is 9.90 Å². The maximum atomic E-state index is 11.9. The number of nitrogens with zero attached hydrogens (tertiary/aromatic N) is 1. The van der Waals surface area contributed by atoms with Gasteiger partial charge in [-0.05, 0) is 49.4 Å². The molecule has 2 aromatic rings. The highest BCUT2D eigenvalue weighted by atomic mass is 35.5. The predicted octanol–water partition coefficient (Wildman–Crippen LogP) is 2.78. The van der Waals surface area contributed by atoms with Crippen LogP contribution in [0.25, 0.3) is 0 Å². The van der Waals surface area contributed by atoms with Crippen molar-refractivity contribution in [2.24, 2.45) is 5.10 Å². The summed E-state index contributed by atoms with van der Waals surface area (Å²) in [7, 11) is 0. The fourth-order valence-corrected chi connectivity index (χ4v) is 1.86. The molecule has 6 heteroatoms. The molecule has 0 saturated heterocycles. The smallest absolute Gasteiger partial charge is 0.271 e. The molecule has 1 amide bonds. The Hall–Kier alpha value is -2.53. The zero-order chi connectivity index (χ0) is 15.4. The third-order valence-electron chi connectivity index (χ3n) is 2.85. The normalized spacial score (nSPS) is 11.2. The van der Waals surface area contributed by atoms with Crippen molar-refractivity contribution in [3.63, 3.8) is 0 Å². The molecular formula is C15H14ClN3O2. The number of phenols is 1. The molecule has 0 aliphatic rings. The van der Waals surface area contributed by atoms with Gasteiger partial charge in [-0.15, -0.1) is 0 Å². The number of nitrogen functional groups attached to an aromatic ring is 1. The molecule has 0 unspecified atom stereocenters. The summed E-state index contributed by atoms with van der Waals surface area (Å²) in [6.45, 7) is 1.66. The van der Waals surface area contributed by atoms with Crippen LogP contribution in [0.1, 0.15) is 22.8 Å². The molecule has 0 atom stereocenters. The molecular weight excluding hydrogens is 290 g/mol. The summed E-state index contributed by atoms with van der Waals surface area (Å²) in [5.41, 5.74) is 9.89. The summed E-state index contributed by atoms with van der Waals surface area (Å²) in [5, 5.41) is 14.2. The van der Waals surface area contributed by atoms with Gasteiger partial charge in [0.1, 0.15) is 5.75 Å². The fourth-order valence-electron chi connectivity index (χ4n) is 1.69. The average Bonchev–Trinajstić information content (AvgIpc) is 2.47. The highest BCUT2D eigenvalue weighted by Gasteiger charge is 2.08. The summed E-state index contributed by atoms with van der Waals surface area (Å²) in [6.07, 6.45) is 0. The number of carbonyl (C=O) groups is 1. The molecule has 0 aromatic heterocycles. The lowest BCUT2D eigenvalue weighted by Gasteiger charge is -2.06. The van der Waals surface area contributed by atoms with Crippen LogP contribution in [0.4, 0.5) is 5.69 Å². The maximum absolute atomic E-state index is 11.9. The van der Waals surface area contributed by atoms with E-state index in [9.17, 15) is 9.90 Å². The van der Waals surface area contributed by atoms with Crippen molar-refractivity contribution in [3.8, 4) is 5.75 Å². The molecule has 0 bridgehead atoms.